The molecule has 3 aromatic rings. The third kappa shape index (κ3) is 5.34. The quantitative estimate of drug-likeness (QED) is 0.536. The number of hydrogen-bond acceptors (Lipinski definition) is 5. The van der Waals surface area contributed by atoms with Crippen molar-refractivity contribution in [1.82, 2.24) is 9.88 Å². The second-order valence-corrected chi connectivity index (χ2v) is 9.89. The summed E-state index contributed by atoms with van der Waals surface area (Å²) in [6.45, 7) is 4.58. The van der Waals surface area contributed by atoms with Gasteiger partial charge in [0, 0.05) is 45.3 Å². The number of para-hydroxylation sites is 1. The molecule has 0 unspecified atom stereocenters. The van der Waals surface area contributed by atoms with Crippen LogP contribution >= 0.6 is 0 Å². The molecule has 8 heteroatoms. The zero-order chi connectivity index (χ0) is 23.3. The van der Waals surface area contributed by atoms with Crippen LogP contribution in [0.15, 0.2) is 83.9 Å². The molecule has 4 rings (SSSR count). The minimum atomic E-state index is -3.80. The topological polar surface area (TPSA) is 73.8 Å². The van der Waals surface area contributed by atoms with E-state index >= 15 is 0 Å². The van der Waals surface area contributed by atoms with Crippen LogP contribution in [-0.2, 0) is 14.8 Å². The van der Waals surface area contributed by atoms with Crippen molar-refractivity contribution in [3.05, 3.63) is 84.6 Å². The van der Waals surface area contributed by atoms with Crippen molar-refractivity contribution in [2.45, 2.75) is 18.2 Å². The van der Waals surface area contributed by atoms with E-state index < -0.39 is 10.0 Å². The molecular weight excluding hydrogens is 436 g/mol. The molecule has 1 saturated heterocycles. The van der Waals surface area contributed by atoms with Gasteiger partial charge in [0.15, 0.2) is 0 Å². The number of carbonyl (C=O) groups is 1. The van der Waals surface area contributed by atoms with Crippen LogP contribution in [0.2, 0.25) is 0 Å². The Bertz CT molecular complexity index is 1160. The van der Waals surface area contributed by atoms with E-state index in [9.17, 15) is 13.2 Å². The number of pyridine rings is 1. The van der Waals surface area contributed by atoms with Gasteiger partial charge in [-0.1, -0.05) is 42.0 Å². The monoisotopic (exact) mass is 464 g/mol. The molecule has 0 bridgehead atoms. The fourth-order valence-corrected chi connectivity index (χ4v) is 5.37. The average molecular weight is 465 g/mol. The third-order valence-corrected chi connectivity index (χ3v) is 7.63. The van der Waals surface area contributed by atoms with Crippen molar-refractivity contribution in [1.29, 1.82) is 0 Å². The maximum absolute atomic E-state index is 13.4. The van der Waals surface area contributed by atoms with Crippen LogP contribution in [0.4, 0.5) is 11.5 Å². The summed E-state index contributed by atoms with van der Waals surface area (Å²) < 4.78 is 28.2. The molecule has 0 saturated carbocycles. The first-order valence-electron chi connectivity index (χ1n) is 11.0. The minimum Gasteiger partial charge on any atom is -0.353 e. The Morgan fingerprint density at radius 1 is 0.909 bits per heavy atom. The molecule has 1 fully saturated rings. The van der Waals surface area contributed by atoms with Gasteiger partial charge in [0.25, 0.3) is 10.0 Å². The fraction of sp³-hybridized carbons (Fsp3) is 0.280. The van der Waals surface area contributed by atoms with Gasteiger partial charge in [-0.05, 0) is 43.3 Å². The lowest BCUT2D eigenvalue weighted by Gasteiger charge is -2.35. The van der Waals surface area contributed by atoms with Gasteiger partial charge in [0.1, 0.15) is 5.82 Å². The van der Waals surface area contributed by atoms with Gasteiger partial charge in [-0.2, -0.15) is 0 Å². The van der Waals surface area contributed by atoms with Crippen LogP contribution in [0.1, 0.15) is 12.0 Å². The number of piperazine rings is 1. The maximum Gasteiger partial charge on any atom is 0.264 e. The average Bonchev–Trinajstić information content (AvgIpc) is 2.85. The smallest absolute Gasteiger partial charge is 0.264 e. The van der Waals surface area contributed by atoms with Crippen LogP contribution in [-0.4, -0.2) is 56.9 Å². The standard InChI is InChI=1S/C25H28N4O3S/c1-21-10-12-23(13-11-21)33(31,32)29(22-7-3-2-4-8-22)16-14-25(30)28-19-17-27(18-20-28)24-9-5-6-15-26-24/h2-13,15H,14,16-20H2,1H3. The lowest BCUT2D eigenvalue weighted by atomic mass is 10.2. The Balaban J connectivity index is 1.44. The van der Waals surface area contributed by atoms with Crippen molar-refractivity contribution < 1.29 is 13.2 Å². The molecule has 2 aromatic carbocycles. The second-order valence-electron chi connectivity index (χ2n) is 8.03. The van der Waals surface area contributed by atoms with Crippen molar-refractivity contribution in [2.24, 2.45) is 0 Å². The first-order valence-corrected chi connectivity index (χ1v) is 12.5. The molecule has 1 aliphatic rings. The summed E-state index contributed by atoms with van der Waals surface area (Å²) in [6, 6.07) is 21.5. The highest BCUT2D eigenvalue weighted by Gasteiger charge is 2.27. The molecule has 33 heavy (non-hydrogen) atoms. The maximum atomic E-state index is 13.4. The van der Waals surface area contributed by atoms with E-state index in [1.165, 1.54) is 4.31 Å². The van der Waals surface area contributed by atoms with Gasteiger partial charge < -0.3 is 9.80 Å². The Morgan fingerprint density at radius 2 is 1.58 bits per heavy atom. The predicted octanol–water partition coefficient (Wildman–Crippen LogP) is 3.32. The first-order chi connectivity index (χ1) is 15.9. The summed E-state index contributed by atoms with van der Waals surface area (Å²) in [5.41, 5.74) is 1.53. The largest absolute Gasteiger partial charge is 0.353 e. The minimum absolute atomic E-state index is 0.0456. The zero-order valence-electron chi connectivity index (χ0n) is 18.7. The number of sulfonamides is 1. The lowest BCUT2D eigenvalue weighted by Crippen LogP contribution is -2.49. The SMILES string of the molecule is Cc1ccc(S(=O)(=O)N(CCC(=O)N2CCN(c3ccccn3)CC2)c2ccccc2)cc1. The zero-order valence-corrected chi connectivity index (χ0v) is 19.5. The second kappa shape index (κ2) is 10.0. The van der Waals surface area contributed by atoms with Crippen molar-refractivity contribution >= 4 is 27.4 Å². The highest BCUT2D eigenvalue weighted by Crippen LogP contribution is 2.24. The molecule has 0 radical (unpaired) electrons. The number of carbonyl (C=O) groups excluding carboxylic acids is 1. The van der Waals surface area contributed by atoms with E-state index in [0.717, 1.165) is 11.4 Å². The van der Waals surface area contributed by atoms with Crippen molar-refractivity contribution in [3.8, 4) is 0 Å². The fourth-order valence-electron chi connectivity index (χ4n) is 3.90. The van der Waals surface area contributed by atoms with Gasteiger partial charge in [0.05, 0.1) is 10.6 Å². The number of aromatic nitrogens is 1. The Hall–Kier alpha value is -3.39. The van der Waals surface area contributed by atoms with Crippen LogP contribution in [0.3, 0.4) is 0 Å². The molecule has 1 amide bonds. The Kier molecular flexibility index (Phi) is 6.93. The lowest BCUT2D eigenvalue weighted by molar-refractivity contribution is -0.131. The highest BCUT2D eigenvalue weighted by molar-refractivity contribution is 7.92. The normalized spacial score (nSPS) is 14.2. The van der Waals surface area contributed by atoms with Crippen molar-refractivity contribution in [2.75, 3.05) is 41.9 Å². The summed E-state index contributed by atoms with van der Waals surface area (Å²) in [5.74, 6) is 0.861. The molecule has 0 spiro atoms. The van der Waals surface area contributed by atoms with E-state index in [4.69, 9.17) is 0 Å². The van der Waals surface area contributed by atoms with Gasteiger partial charge in [-0.3, -0.25) is 9.10 Å². The van der Waals surface area contributed by atoms with E-state index in [0.29, 0.717) is 31.9 Å². The van der Waals surface area contributed by atoms with E-state index in [1.807, 2.05) is 31.2 Å². The number of benzene rings is 2. The van der Waals surface area contributed by atoms with E-state index in [-0.39, 0.29) is 23.8 Å². The number of anilines is 2. The van der Waals surface area contributed by atoms with Gasteiger partial charge in [0.2, 0.25) is 5.91 Å². The molecule has 0 N–H and O–H groups in total. The van der Waals surface area contributed by atoms with Crippen molar-refractivity contribution in [3.63, 3.8) is 0 Å². The third-order valence-electron chi connectivity index (χ3n) is 5.79. The number of aryl methyl sites for hydroxylation is 1. The van der Waals surface area contributed by atoms with Crippen LogP contribution < -0.4 is 9.21 Å². The Labute approximate surface area is 195 Å². The molecule has 0 aliphatic carbocycles. The summed E-state index contributed by atoms with van der Waals surface area (Å²) in [6.07, 6.45) is 1.88. The van der Waals surface area contributed by atoms with Gasteiger partial charge in [-0.25, -0.2) is 13.4 Å². The van der Waals surface area contributed by atoms with Gasteiger partial charge in [-0.15, -0.1) is 0 Å². The summed E-state index contributed by atoms with van der Waals surface area (Å²) in [4.78, 5) is 21.5. The molecule has 7 nitrogen and oxygen atoms in total. The van der Waals surface area contributed by atoms with Crippen LogP contribution in [0, 0.1) is 6.92 Å². The van der Waals surface area contributed by atoms with Crippen LogP contribution in [0.25, 0.3) is 0 Å². The van der Waals surface area contributed by atoms with Crippen LogP contribution in [0.5, 0.6) is 0 Å². The van der Waals surface area contributed by atoms with E-state index in [2.05, 4.69) is 9.88 Å². The number of amides is 1. The summed E-state index contributed by atoms with van der Waals surface area (Å²) in [7, 11) is -3.80. The first kappa shape index (κ1) is 22.8. The van der Waals surface area contributed by atoms with E-state index in [1.54, 1.807) is 59.6 Å². The Morgan fingerprint density at radius 3 is 2.21 bits per heavy atom. The molecule has 1 aromatic heterocycles. The highest BCUT2D eigenvalue weighted by atomic mass is 32.2. The summed E-state index contributed by atoms with van der Waals surface area (Å²) in [5, 5.41) is 0. The number of nitrogens with zero attached hydrogens (tertiary/aromatic N) is 4. The predicted molar refractivity (Wildman–Crippen MR) is 130 cm³/mol. The number of hydrogen-bond donors (Lipinski definition) is 0. The molecule has 1 aliphatic heterocycles. The number of rotatable bonds is 7. The van der Waals surface area contributed by atoms with Gasteiger partial charge >= 0.3 is 0 Å². The molecular formula is C25H28N4O3S. The summed E-state index contributed by atoms with van der Waals surface area (Å²) >= 11 is 0. The molecule has 0 atom stereocenters. The molecule has 2 heterocycles. The molecule has 172 valence electrons.